The normalized spacial score (nSPS) is 22.5. The number of anilines is 1. The number of fused-ring (bicyclic) bond motifs is 2. The lowest BCUT2D eigenvalue weighted by Crippen LogP contribution is -2.33. The Bertz CT molecular complexity index is 950. The monoisotopic (exact) mass is 378 g/mol. The van der Waals surface area contributed by atoms with E-state index in [0.29, 0.717) is 24.6 Å². The van der Waals surface area contributed by atoms with Crippen LogP contribution in [0.1, 0.15) is 50.2 Å². The summed E-state index contributed by atoms with van der Waals surface area (Å²) in [6, 6.07) is 9.43. The molecule has 5 rings (SSSR count). The van der Waals surface area contributed by atoms with E-state index in [9.17, 15) is 9.59 Å². The SMILES string of the molecule is CC[C@H]1CC(=O)N(c2ccc(Oc3ccc4c(c3)C3(CCC3)OC4)nc2)C1=O. The lowest BCUT2D eigenvalue weighted by Gasteiger charge is -2.38. The Hall–Kier alpha value is -2.73. The lowest BCUT2D eigenvalue weighted by atomic mass is 9.75. The molecule has 3 aliphatic rings. The number of rotatable bonds is 4. The summed E-state index contributed by atoms with van der Waals surface area (Å²) in [5.74, 6) is 0.603. The van der Waals surface area contributed by atoms with Crippen molar-refractivity contribution < 1.29 is 19.1 Å². The Morgan fingerprint density at radius 2 is 2.11 bits per heavy atom. The molecule has 2 aliphatic heterocycles. The molecule has 6 heteroatoms. The standard InChI is InChI=1S/C22H22N2O4/c1-2-14-10-20(25)24(21(14)26)16-5-7-19(23-12-16)28-17-6-4-15-13-27-22(8-3-9-22)18(15)11-17/h4-7,11-12,14H,2-3,8-10,13H2,1H3/t14-/m0/s1. The van der Waals surface area contributed by atoms with Gasteiger partial charge in [-0.05, 0) is 55.0 Å². The quantitative estimate of drug-likeness (QED) is 0.750. The molecular weight excluding hydrogens is 356 g/mol. The zero-order valence-corrected chi connectivity index (χ0v) is 15.8. The van der Waals surface area contributed by atoms with Crippen molar-refractivity contribution in [1.29, 1.82) is 0 Å². The Labute approximate surface area is 163 Å². The molecule has 2 aromatic rings. The summed E-state index contributed by atoms with van der Waals surface area (Å²) in [5.41, 5.74) is 2.84. The number of pyridine rings is 1. The maximum atomic E-state index is 12.4. The zero-order valence-electron chi connectivity index (χ0n) is 15.8. The van der Waals surface area contributed by atoms with Crippen LogP contribution in [0.4, 0.5) is 5.69 Å². The second kappa shape index (κ2) is 6.41. The van der Waals surface area contributed by atoms with Crippen molar-refractivity contribution in [3.63, 3.8) is 0 Å². The molecule has 6 nitrogen and oxygen atoms in total. The molecule has 28 heavy (non-hydrogen) atoms. The predicted octanol–water partition coefficient (Wildman–Crippen LogP) is 4.07. The van der Waals surface area contributed by atoms with Gasteiger partial charge < -0.3 is 9.47 Å². The summed E-state index contributed by atoms with van der Waals surface area (Å²) < 4.78 is 11.9. The van der Waals surface area contributed by atoms with E-state index in [4.69, 9.17) is 9.47 Å². The number of imide groups is 1. The van der Waals surface area contributed by atoms with Crippen LogP contribution in [0.25, 0.3) is 0 Å². The molecular formula is C22H22N2O4. The number of aromatic nitrogens is 1. The minimum absolute atomic E-state index is 0.113. The second-order valence-corrected chi connectivity index (χ2v) is 7.79. The van der Waals surface area contributed by atoms with E-state index in [1.807, 2.05) is 13.0 Å². The van der Waals surface area contributed by atoms with Crippen LogP contribution in [0.2, 0.25) is 0 Å². The molecule has 0 N–H and O–H groups in total. The Kier molecular flexibility index (Phi) is 3.98. The fraction of sp³-hybridized carbons (Fsp3) is 0.409. The highest BCUT2D eigenvalue weighted by Gasteiger charge is 2.45. The topological polar surface area (TPSA) is 68.7 Å². The lowest BCUT2D eigenvalue weighted by molar-refractivity contribution is -0.122. The van der Waals surface area contributed by atoms with E-state index < -0.39 is 0 Å². The van der Waals surface area contributed by atoms with E-state index in [2.05, 4.69) is 17.1 Å². The number of benzene rings is 1. The van der Waals surface area contributed by atoms with Crippen molar-refractivity contribution in [2.24, 2.45) is 5.92 Å². The Balaban J connectivity index is 1.34. The van der Waals surface area contributed by atoms with Crippen molar-refractivity contribution in [1.82, 2.24) is 4.98 Å². The third kappa shape index (κ3) is 2.63. The van der Waals surface area contributed by atoms with E-state index in [0.717, 1.165) is 18.6 Å². The molecule has 144 valence electrons. The number of hydrogen-bond acceptors (Lipinski definition) is 5. The molecule has 1 spiro atoms. The molecule has 1 saturated heterocycles. The highest BCUT2D eigenvalue weighted by molar-refractivity contribution is 6.20. The largest absolute Gasteiger partial charge is 0.439 e. The van der Waals surface area contributed by atoms with Crippen LogP contribution in [0.5, 0.6) is 11.6 Å². The van der Waals surface area contributed by atoms with Gasteiger partial charge in [0.15, 0.2) is 0 Å². The van der Waals surface area contributed by atoms with Crippen LogP contribution in [0.3, 0.4) is 0 Å². The van der Waals surface area contributed by atoms with Crippen LogP contribution in [-0.4, -0.2) is 16.8 Å². The van der Waals surface area contributed by atoms with Gasteiger partial charge in [0.2, 0.25) is 17.7 Å². The van der Waals surface area contributed by atoms with Crippen molar-refractivity contribution in [2.75, 3.05) is 4.90 Å². The molecule has 3 heterocycles. The van der Waals surface area contributed by atoms with Crippen molar-refractivity contribution in [2.45, 2.75) is 51.2 Å². The van der Waals surface area contributed by atoms with Crippen molar-refractivity contribution in [3.05, 3.63) is 47.7 Å². The fourth-order valence-electron chi connectivity index (χ4n) is 4.35. The molecule has 1 saturated carbocycles. The van der Waals surface area contributed by atoms with Gasteiger partial charge in [0.05, 0.1) is 24.1 Å². The molecule has 0 radical (unpaired) electrons. The number of nitrogens with zero attached hydrogens (tertiary/aromatic N) is 2. The number of amides is 2. The Morgan fingerprint density at radius 1 is 1.25 bits per heavy atom. The summed E-state index contributed by atoms with van der Waals surface area (Å²) in [5, 5.41) is 0. The smallest absolute Gasteiger partial charge is 0.237 e. The summed E-state index contributed by atoms with van der Waals surface area (Å²) in [4.78, 5) is 30.1. The first kappa shape index (κ1) is 17.4. The minimum Gasteiger partial charge on any atom is -0.439 e. The zero-order chi connectivity index (χ0) is 19.3. The molecule has 0 unspecified atom stereocenters. The number of carbonyl (C=O) groups excluding carboxylic acids is 2. The average molecular weight is 378 g/mol. The molecule has 1 aromatic carbocycles. The highest BCUT2D eigenvalue weighted by atomic mass is 16.5. The fourth-order valence-corrected chi connectivity index (χ4v) is 4.35. The molecule has 0 bridgehead atoms. The van der Waals surface area contributed by atoms with Gasteiger partial charge in [0.25, 0.3) is 0 Å². The van der Waals surface area contributed by atoms with Gasteiger partial charge in [-0.15, -0.1) is 0 Å². The van der Waals surface area contributed by atoms with Gasteiger partial charge in [-0.1, -0.05) is 13.0 Å². The first-order valence-electron chi connectivity index (χ1n) is 9.88. The maximum absolute atomic E-state index is 12.4. The summed E-state index contributed by atoms with van der Waals surface area (Å²) in [6.07, 6.45) is 5.78. The third-order valence-electron chi connectivity index (χ3n) is 6.17. The van der Waals surface area contributed by atoms with Gasteiger partial charge >= 0.3 is 0 Å². The summed E-state index contributed by atoms with van der Waals surface area (Å²) >= 11 is 0. The number of carbonyl (C=O) groups is 2. The van der Waals surface area contributed by atoms with Crippen molar-refractivity contribution in [3.8, 4) is 11.6 Å². The highest BCUT2D eigenvalue weighted by Crippen LogP contribution is 2.51. The van der Waals surface area contributed by atoms with Gasteiger partial charge in [-0.25, -0.2) is 9.88 Å². The molecule has 1 aromatic heterocycles. The maximum Gasteiger partial charge on any atom is 0.237 e. The van der Waals surface area contributed by atoms with E-state index >= 15 is 0 Å². The Morgan fingerprint density at radius 3 is 2.75 bits per heavy atom. The van der Waals surface area contributed by atoms with Crippen LogP contribution in [-0.2, 0) is 26.5 Å². The molecule has 1 aliphatic carbocycles. The van der Waals surface area contributed by atoms with E-state index in [1.165, 1.54) is 28.6 Å². The second-order valence-electron chi connectivity index (χ2n) is 7.79. The first-order chi connectivity index (χ1) is 13.6. The first-order valence-corrected chi connectivity index (χ1v) is 9.88. The van der Waals surface area contributed by atoms with E-state index in [-0.39, 0.29) is 29.8 Å². The molecule has 1 atom stereocenters. The van der Waals surface area contributed by atoms with Gasteiger partial charge in [-0.2, -0.15) is 0 Å². The van der Waals surface area contributed by atoms with Gasteiger partial charge in [0, 0.05) is 18.4 Å². The predicted molar refractivity (Wildman–Crippen MR) is 102 cm³/mol. The summed E-state index contributed by atoms with van der Waals surface area (Å²) in [6.45, 7) is 2.59. The van der Waals surface area contributed by atoms with E-state index in [1.54, 1.807) is 12.1 Å². The van der Waals surface area contributed by atoms with Gasteiger partial charge in [0.1, 0.15) is 5.75 Å². The molecule has 2 amide bonds. The minimum atomic E-state index is -0.226. The van der Waals surface area contributed by atoms with Crippen LogP contribution >= 0.6 is 0 Å². The van der Waals surface area contributed by atoms with Gasteiger partial charge in [-0.3, -0.25) is 9.59 Å². The van der Waals surface area contributed by atoms with Crippen LogP contribution in [0.15, 0.2) is 36.5 Å². The number of hydrogen-bond donors (Lipinski definition) is 0. The van der Waals surface area contributed by atoms with Crippen molar-refractivity contribution >= 4 is 17.5 Å². The average Bonchev–Trinajstić information content (AvgIpc) is 3.19. The van der Waals surface area contributed by atoms with Crippen LogP contribution in [0, 0.1) is 5.92 Å². The van der Waals surface area contributed by atoms with Crippen LogP contribution < -0.4 is 9.64 Å². The third-order valence-corrected chi connectivity index (χ3v) is 6.17. The number of ether oxygens (including phenoxy) is 2. The molecule has 2 fully saturated rings. The summed E-state index contributed by atoms with van der Waals surface area (Å²) in [7, 11) is 0.